The van der Waals surface area contributed by atoms with Crippen LogP contribution in [-0.2, 0) is 6.42 Å². The predicted octanol–water partition coefficient (Wildman–Crippen LogP) is 1.71. The van der Waals surface area contributed by atoms with Gasteiger partial charge in [-0.25, -0.2) is 0 Å². The first-order chi connectivity index (χ1) is 6.68. The van der Waals surface area contributed by atoms with E-state index in [4.69, 9.17) is 0 Å². The second kappa shape index (κ2) is 4.01. The molecule has 1 saturated heterocycles. The third-order valence-corrected chi connectivity index (χ3v) is 3.68. The Morgan fingerprint density at radius 2 is 2.50 bits per heavy atom. The number of aryl methyl sites for hydroxylation is 1. The van der Waals surface area contributed by atoms with Crippen LogP contribution in [0.15, 0.2) is 11.4 Å². The largest absolute Gasteiger partial charge is 0.388 e. The maximum absolute atomic E-state index is 10.3. The SMILES string of the molecule is Cc1cc(CC2(O)CCCNC2)cs1. The van der Waals surface area contributed by atoms with E-state index < -0.39 is 5.60 Å². The summed E-state index contributed by atoms with van der Waals surface area (Å²) in [6, 6.07) is 2.18. The minimum absolute atomic E-state index is 0.508. The lowest BCUT2D eigenvalue weighted by Crippen LogP contribution is -2.47. The minimum atomic E-state index is -0.508. The fourth-order valence-electron chi connectivity index (χ4n) is 2.07. The summed E-state index contributed by atoms with van der Waals surface area (Å²) >= 11 is 1.76. The first kappa shape index (κ1) is 10.1. The van der Waals surface area contributed by atoms with Gasteiger partial charge >= 0.3 is 0 Å². The van der Waals surface area contributed by atoms with E-state index in [0.717, 1.165) is 32.4 Å². The third-order valence-electron chi connectivity index (χ3n) is 2.77. The number of thiophene rings is 1. The number of hydrogen-bond acceptors (Lipinski definition) is 3. The molecule has 2 N–H and O–H groups in total. The average Bonchev–Trinajstić information content (AvgIpc) is 2.51. The number of nitrogens with one attached hydrogen (secondary N) is 1. The van der Waals surface area contributed by atoms with E-state index in [2.05, 4.69) is 23.7 Å². The zero-order valence-electron chi connectivity index (χ0n) is 8.55. The van der Waals surface area contributed by atoms with Gasteiger partial charge in [0.2, 0.25) is 0 Å². The lowest BCUT2D eigenvalue weighted by molar-refractivity contribution is 0.0170. The minimum Gasteiger partial charge on any atom is -0.388 e. The Morgan fingerprint density at radius 1 is 1.64 bits per heavy atom. The van der Waals surface area contributed by atoms with Crippen LogP contribution in [0.5, 0.6) is 0 Å². The summed E-state index contributed by atoms with van der Waals surface area (Å²) in [6.45, 7) is 3.89. The van der Waals surface area contributed by atoms with E-state index in [-0.39, 0.29) is 0 Å². The Bertz CT molecular complexity index is 302. The van der Waals surface area contributed by atoms with Crippen LogP contribution in [0.3, 0.4) is 0 Å². The average molecular weight is 211 g/mol. The van der Waals surface area contributed by atoms with Crippen LogP contribution in [-0.4, -0.2) is 23.8 Å². The van der Waals surface area contributed by atoms with Crippen molar-refractivity contribution >= 4 is 11.3 Å². The molecule has 1 aliphatic rings. The number of β-amino-alcohol motifs (C(OH)–C–C–N with tert-alkyl or cyclic N) is 1. The fourth-order valence-corrected chi connectivity index (χ4v) is 2.78. The molecule has 2 rings (SSSR count). The molecule has 1 atom stereocenters. The molecule has 2 nitrogen and oxygen atoms in total. The molecule has 0 bridgehead atoms. The molecule has 0 radical (unpaired) electrons. The van der Waals surface area contributed by atoms with Crippen LogP contribution in [0, 0.1) is 6.92 Å². The van der Waals surface area contributed by atoms with Crippen molar-refractivity contribution in [1.82, 2.24) is 5.32 Å². The molecule has 2 heterocycles. The Balaban J connectivity index is 2.01. The van der Waals surface area contributed by atoms with Crippen molar-refractivity contribution in [3.63, 3.8) is 0 Å². The molecule has 1 aliphatic heterocycles. The summed E-state index contributed by atoms with van der Waals surface area (Å²) in [6.07, 6.45) is 2.80. The van der Waals surface area contributed by atoms with Crippen LogP contribution in [0.25, 0.3) is 0 Å². The summed E-state index contributed by atoms with van der Waals surface area (Å²) in [5.41, 5.74) is 0.768. The van der Waals surface area contributed by atoms with Gasteiger partial charge in [-0.1, -0.05) is 0 Å². The molecule has 0 spiro atoms. The van der Waals surface area contributed by atoms with Gasteiger partial charge in [-0.3, -0.25) is 0 Å². The highest BCUT2D eigenvalue weighted by Crippen LogP contribution is 2.24. The number of rotatable bonds is 2. The van der Waals surface area contributed by atoms with Gasteiger partial charge in [0.15, 0.2) is 0 Å². The molecular formula is C11H17NOS. The highest BCUT2D eigenvalue weighted by atomic mass is 32.1. The van der Waals surface area contributed by atoms with Crippen molar-refractivity contribution in [2.45, 2.75) is 31.8 Å². The van der Waals surface area contributed by atoms with Gasteiger partial charge in [-0.15, -0.1) is 11.3 Å². The molecule has 3 heteroatoms. The van der Waals surface area contributed by atoms with E-state index >= 15 is 0 Å². The Kier molecular flexibility index (Phi) is 2.91. The Hall–Kier alpha value is -0.380. The van der Waals surface area contributed by atoms with Crippen LogP contribution in [0.4, 0.5) is 0 Å². The molecule has 0 aliphatic carbocycles. The molecule has 0 aromatic carbocycles. The molecule has 1 aromatic rings. The monoisotopic (exact) mass is 211 g/mol. The van der Waals surface area contributed by atoms with Gasteiger partial charge < -0.3 is 10.4 Å². The van der Waals surface area contributed by atoms with Crippen molar-refractivity contribution in [2.24, 2.45) is 0 Å². The van der Waals surface area contributed by atoms with E-state index in [1.54, 1.807) is 11.3 Å². The summed E-state index contributed by atoms with van der Waals surface area (Å²) in [5.74, 6) is 0. The normalized spacial score (nSPS) is 27.9. The van der Waals surface area contributed by atoms with Crippen molar-refractivity contribution in [1.29, 1.82) is 0 Å². The molecule has 78 valence electrons. The smallest absolute Gasteiger partial charge is 0.0812 e. The van der Waals surface area contributed by atoms with Crippen LogP contribution < -0.4 is 5.32 Å². The molecular weight excluding hydrogens is 194 g/mol. The van der Waals surface area contributed by atoms with Crippen molar-refractivity contribution in [3.05, 3.63) is 21.9 Å². The molecule has 1 aromatic heterocycles. The first-order valence-corrected chi connectivity index (χ1v) is 6.03. The van der Waals surface area contributed by atoms with Crippen molar-refractivity contribution in [3.8, 4) is 0 Å². The zero-order valence-corrected chi connectivity index (χ0v) is 9.36. The Labute approximate surface area is 89.0 Å². The maximum atomic E-state index is 10.3. The summed E-state index contributed by atoms with van der Waals surface area (Å²) in [5, 5.41) is 15.7. The molecule has 0 saturated carbocycles. The Morgan fingerprint density at radius 3 is 3.07 bits per heavy atom. The van der Waals surface area contributed by atoms with E-state index in [0.29, 0.717) is 0 Å². The summed E-state index contributed by atoms with van der Waals surface area (Å²) in [7, 11) is 0. The second-order valence-corrected chi connectivity index (χ2v) is 5.36. The van der Waals surface area contributed by atoms with E-state index in [1.165, 1.54) is 10.4 Å². The highest BCUT2D eigenvalue weighted by Gasteiger charge is 2.29. The quantitative estimate of drug-likeness (QED) is 0.780. The van der Waals surface area contributed by atoms with Gasteiger partial charge in [0.1, 0.15) is 0 Å². The molecule has 1 fully saturated rings. The third kappa shape index (κ3) is 2.35. The predicted molar refractivity (Wildman–Crippen MR) is 59.8 cm³/mol. The van der Waals surface area contributed by atoms with Crippen LogP contribution in [0.1, 0.15) is 23.3 Å². The van der Waals surface area contributed by atoms with Gasteiger partial charge in [-0.05, 0) is 43.3 Å². The lowest BCUT2D eigenvalue weighted by atomic mass is 9.88. The molecule has 14 heavy (non-hydrogen) atoms. The first-order valence-electron chi connectivity index (χ1n) is 5.15. The highest BCUT2D eigenvalue weighted by molar-refractivity contribution is 7.10. The fraction of sp³-hybridized carbons (Fsp3) is 0.636. The van der Waals surface area contributed by atoms with Crippen LogP contribution in [0.2, 0.25) is 0 Å². The van der Waals surface area contributed by atoms with E-state index in [9.17, 15) is 5.11 Å². The number of hydrogen-bond donors (Lipinski definition) is 2. The van der Waals surface area contributed by atoms with Crippen LogP contribution >= 0.6 is 11.3 Å². The second-order valence-electron chi connectivity index (χ2n) is 4.25. The number of aliphatic hydroxyl groups is 1. The lowest BCUT2D eigenvalue weighted by Gasteiger charge is -2.32. The molecule has 0 amide bonds. The summed E-state index contributed by atoms with van der Waals surface area (Å²) < 4.78 is 0. The van der Waals surface area contributed by atoms with E-state index in [1.807, 2.05) is 0 Å². The van der Waals surface area contributed by atoms with Gasteiger partial charge in [0.05, 0.1) is 5.60 Å². The van der Waals surface area contributed by atoms with Gasteiger partial charge in [0, 0.05) is 17.8 Å². The zero-order chi connectivity index (χ0) is 10.0. The standard InChI is InChI=1S/C11H17NOS/c1-9-5-10(7-14-9)6-11(13)3-2-4-12-8-11/h5,7,12-13H,2-4,6,8H2,1H3. The summed E-state index contributed by atoms with van der Waals surface area (Å²) in [4.78, 5) is 1.33. The van der Waals surface area contributed by atoms with Gasteiger partial charge in [0.25, 0.3) is 0 Å². The topological polar surface area (TPSA) is 32.3 Å². The van der Waals surface area contributed by atoms with Crippen molar-refractivity contribution in [2.75, 3.05) is 13.1 Å². The van der Waals surface area contributed by atoms with Gasteiger partial charge in [-0.2, -0.15) is 0 Å². The number of piperidine rings is 1. The van der Waals surface area contributed by atoms with Crippen molar-refractivity contribution < 1.29 is 5.11 Å². The molecule has 1 unspecified atom stereocenters. The maximum Gasteiger partial charge on any atom is 0.0812 e.